The Balaban J connectivity index is 2.11. The summed E-state index contributed by atoms with van der Waals surface area (Å²) in [6.45, 7) is 0.369. The Morgan fingerprint density at radius 2 is 1.88 bits per heavy atom. The van der Waals surface area contributed by atoms with E-state index in [1.165, 1.54) is 6.20 Å². The van der Waals surface area contributed by atoms with Gasteiger partial charge in [0, 0.05) is 11.6 Å². The highest BCUT2D eigenvalue weighted by Gasteiger charge is 1.99. The molecule has 1 aromatic carbocycles. The molecule has 0 amide bonds. The fraction of sp³-hybridized carbons (Fsp3) is 0.0909. The Labute approximate surface area is 98.0 Å². The highest BCUT2D eigenvalue weighted by Crippen LogP contribution is 2.20. The van der Waals surface area contributed by atoms with E-state index in [1.807, 2.05) is 0 Å². The van der Waals surface area contributed by atoms with Gasteiger partial charge in [-0.1, -0.05) is 11.6 Å². The summed E-state index contributed by atoms with van der Waals surface area (Å²) in [5.74, 6) is 1.10. The van der Waals surface area contributed by atoms with Crippen LogP contribution in [0.25, 0.3) is 0 Å². The molecule has 2 rings (SSSR count). The highest BCUT2D eigenvalue weighted by molar-refractivity contribution is 6.30. The van der Waals surface area contributed by atoms with Crippen LogP contribution in [0.4, 0.5) is 0 Å². The van der Waals surface area contributed by atoms with Crippen molar-refractivity contribution in [3.8, 4) is 11.6 Å². The van der Waals surface area contributed by atoms with Crippen LogP contribution in [0, 0.1) is 0 Å². The summed E-state index contributed by atoms with van der Waals surface area (Å²) in [6, 6.07) is 7.03. The van der Waals surface area contributed by atoms with Crippen LogP contribution < -0.4 is 10.5 Å². The first-order valence-corrected chi connectivity index (χ1v) is 5.10. The number of nitrogens with two attached hydrogens (primary N) is 1. The molecule has 0 aliphatic heterocycles. The summed E-state index contributed by atoms with van der Waals surface area (Å²) in [4.78, 5) is 8.14. The van der Waals surface area contributed by atoms with Gasteiger partial charge in [-0.3, -0.25) is 4.98 Å². The first-order valence-electron chi connectivity index (χ1n) is 4.72. The monoisotopic (exact) mass is 235 g/mol. The van der Waals surface area contributed by atoms with E-state index in [-0.39, 0.29) is 0 Å². The molecular formula is C11H10ClN3O. The maximum Gasteiger partial charge on any atom is 0.237 e. The smallest absolute Gasteiger partial charge is 0.237 e. The Hall–Kier alpha value is -1.65. The van der Waals surface area contributed by atoms with Crippen molar-refractivity contribution in [1.82, 2.24) is 9.97 Å². The van der Waals surface area contributed by atoms with Gasteiger partial charge in [0.05, 0.1) is 18.1 Å². The predicted molar refractivity (Wildman–Crippen MR) is 61.4 cm³/mol. The van der Waals surface area contributed by atoms with E-state index in [0.29, 0.717) is 23.2 Å². The van der Waals surface area contributed by atoms with Crippen molar-refractivity contribution < 1.29 is 4.74 Å². The molecule has 0 fully saturated rings. The molecule has 4 nitrogen and oxygen atoms in total. The minimum atomic E-state index is 0.369. The van der Waals surface area contributed by atoms with Gasteiger partial charge in [-0.25, -0.2) is 4.98 Å². The van der Waals surface area contributed by atoms with E-state index in [1.54, 1.807) is 30.5 Å². The lowest BCUT2D eigenvalue weighted by Gasteiger charge is -2.04. The Morgan fingerprint density at radius 3 is 2.44 bits per heavy atom. The molecule has 0 atom stereocenters. The van der Waals surface area contributed by atoms with Crippen LogP contribution in [0.5, 0.6) is 11.6 Å². The molecule has 0 aliphatic carbocycles. The van der Waals surface area contributed by atoms with Gasteiger partial charge in [0.1, 0.15) is 5.75 Å². The molecule has 5 heteroatoms. The van der Waals surface area contributed by atoms with Crippen molar-refractivity contribution in [3.05, 3.63) is 47.4 Å². The van der Waals surface area contributed by atoms with Gasteiger partial charge >= 0.3 is 0 Å². The second-order valence-corrected chi connectivity index (χ2v) is 3.54. The fourth-order valence-corrected chi connectivity index (χ4v) is 1.25. The second-order valence-electron chi connectivity index (χ2n) is 3.11. The van der Waals surface area contributed by atoms with E-state index < -0.39 is 0 Å². The first-order chi connectivity index (χ1) is 7.78. The number of nitrogens with zero attached hydrogens (tertiary/aromatic N) is 2. The lowest BCUT2D eigenvalue weighted by atomic mass is 10.3. The Morgan fingerprint density at radius 1 is 1.12 bits per heavy atom. The topological polar surface area (TPSA) is 61.0 Å². The summed E-state index contributed by atoms with van der Waals surface area (Å²) < 4.78 is 5.46. The largest absolute Gasteiger partial charge is 0.438 e. The molecule has 2 N–H and O–H groups in total. The summed E-state index contributed by atoms with van der Waals surface area (Å²) in [6.07, 6.45) is 3.13. The molecule has 0 radical (unpaired) electrons. The predicted octanol–water partition coefficient (Wildman–Crippen LogP) is 2.38. The lowest BCUT2D eigenvalue weighted by Crippen LogP contribution is -2.00. The molecule has 0 unspecified atom stereocenters. The minimum absolute atomic E-state index is 0.369. The van der Waals surface area contributed by atoms with E-state index >= 15 is 0 Å². The number of ether oxygens (including phenoxy) is 1. The molecule has 16 heavy (non-hydrogen) atoms. The number of hydrogen-bond acceptors (Lipinski definition) is 4. The van der Waals surface area contributed by atoms with Crippen LogP contribution in [0.2, 0.25) is 5.02 Å². The van der Waals surface area contributed by atoms with Gasteiger partial charge in [-0.05, 0) is 24.3 Å². The Bertz CT molecular complexity index is 456. The maximum absolute atomic E-state index is 5.76. The van der Waals surface area contributed by atoms with Crippen molar-refractivity contribution in [2.24, 2.45) is 5.73 Å². The SMILES string of the molecule is NCc1cnc(Oc2ccc(Cl)cc2)cn1. The van der Waals surface area contributed by atoms with Crippen molar-refractivity contribution in [1.29, 1.82) is 0 Å². The molecule has 0 spiro atoms. The van der Waals surface area contributed by atoms with E-state index in [4.69, 9.17) is 22.1 Å². The number of halogens is 1. The quantitative estimate of drug-likeness (QED) is 0.887. The third-order valence-corrected chi connectivity index (χ3v) is 2.18. The zero-order valence-electron chi connectivity index (χ0n) is 8.43. The molecule has 0 bridgehead atoms. The zero-order chi connectivity index (χ0) is 11.4. The van der Waals surface area contributed by atoms with Crippen LogP contribution in [0.15, 0.2) is 36.7 Å². The van der Waals surface area contributed by atoms with Crippen LogP contribution in [-0.2, 0) is 6.54 Å². The average molecular weight is 236 g/mol. The first kappa shape index (κ1) is 10.9. The van der Waals surface area contributed by atoms with Gasteiger partial charge in [-0.15, -0.1) is 0 Å². The average Bonchev–Trinajstić information content (AvgIpc) is 2.33. The Kier molecular flexibility index (Phi) is 3.34. The second kappa shape index (κ2) is 4.92. The number of aromatic nitrogens is 2. The molecule has 1 aromatic heterocycles. The van der Waals surface area contributed by atoms with Gasteiger partial charge in [0.2, 0.25) is 5.88 Å². The molecular weight excluding hydrogens is 226 g/mol. The van der Waals surface area contributed by atoms with Crippen LogP contribution in [0.1, 0.15) is 5.69 Å². The third-order valence-electron chi connectivity index (χ3n) is 1.93. The van der Waals surface area contributed by atoms with E-state index in [9.17, 15) is 0 Å². The van der Waals surface area contributed by atoms with Gasteiger partial charge in [-0.2, -0.15) is 0 Å². The molecule has 1 heterocycles. The number of benzene rings is 1. The standard InChI is InChI=1S/C11H10ClN3O/c12-8-1-3-10(4-2-8)16-11-7-14-9(5-13)6-15-11/h1-4,6-7H,5,13H2. The van der Waals surface area contributed by atoms with Gasteiger partial charge in [0.15, 0.2) is 0 Å². The van der Waals surface area contributed by atoms with E-state index in [2.05, 4.69) is 9.97 Å². The van der Waals surface area contributed by atoms with Crippen molar-refractivity contribution in [3.63, 3.8) is 0 Å². The maximum atomic E-state index is 5.76. The van der Waals surface area contributed by atoms with Gasteiger partial charge < -0.3 is 10.5 Å². The lowest BCUT2D eigenvalue weighted by molar-refractivity contribution is 0.459. The van der Waals surface area contributed by atoms with Crippen molar-refractivity contribution >= 4 is 11.6 Å². The summed E-state index contributed by atoms with van der Waals surface area (Å²) in [7, 11) is 0. The summed E-state index contributed by atoms with van der Waals surface area (Å²) in [5, 5.41) is 0.664. The zero-order valence-corrected chi connectivity index (χ0v) is 9.19. The van der Waals surface area contributed by atoms with Gasteiger partial charge in [0.25, 0.3) is 0 Å². The highest BCUT2D eigenvalue weighted by atomic mass is 35.5. The van der Waals surface area contributed by atoms with Crippen molar-refractivity contribution in [2.45, 2.75) is 6.54 Å². The summed E-state index contributed by atoms with van der Waals surface area (Å²) >= 11 is 5.76. The van der Waals surface area contributed by atoms with Crippen molar-refractivity contribution in [2.75, 3.05) is 0 Å². The molecule has 0 saturated heterocycles. The summed E-state index contributed by atoms with van der Waals surface area (Å²) in [5.41, 5.74) is 6.14. The van der Waals surface area contributed by atoms with Crippen LogP contribution >= 0.6 is 11.6 Å². The normalized spacial score (nSPS) is 10.1. The molecule has 82 valence electrons. The molecule has 2 aromatic rings. The van der Waals surface area contributed by atoms with Crippen LogP contribution in [0.3, 0.4) is 0 Å². The van der Waals surface area contributed by atoms with Crippen LogP contribution in [-0.4, -0.2) is 9.97 Å². The molecule has 0 aliphatic rings. The number of hydrogen-bond donors (Lipinski definition) is 1. The third kappa shape index (κ3) is 2.68. The number of rotatable bonds is 3. The van der Waals surface area contributed by atoms with E-state index in [0.717, 1.165) is 5.69 Å². The fourth-order valence-electron chi connectivity index (χ4n) is 1.12. The molecule has 0 saturated carbocycles. The minimum Gasteiger partial charge on any atom is -0.438 e.